The third-order valence-electron chi connectivity index (χ3n) is 7.85. The molecule has 0 amide bonds. The van der Waals surface area contributed by atoms with Gasteiger partial charge < -0.3 is 33.9 Å². The zero-order valence-corrected chi connectivity index (χ0v) is 19.3. The van der Waals surface area contributed by atoms with Crippen molar-refractivity contribution in [2.45, 2.75) is 95.6 Å². The molecule has 5 fully saturated rings. The van der Waals surface area contributed by atoms with Crippen LogP contribution in [0, 0.1) is 17.3 Å². The number of methoxy groups -OCH3 is 2. The van der Waals surface area contributed by atoms with Crippen LogP contribution in [0.5, 0.6) is 0 Å². The standard InChI is InChI=1S/C22H35NO8/c1-20(2)10-8-11(20)22(5,26)12(9-10)23-13(18(25)27-6)14(24)15-16-17(19(28-7)29-15)31-21(3,4)30-16/h10-11,13-17,19,24,26H,8-9H2,1-7H3/t10-,11-,13+,14-,15-,16-,17-,19-,22-/m1/s1. The summed E-state index contributed by atoms with van der Waals surface area (Å²) in [6.45, 7) is 9.59. The first-order valence-corrected chi connectivity index (χ1v) is 10.9. The molecule has 3 saturated carbocycles. The number of aliphatic hydroxyl groups is 2. The van der Waals surface area contributed by atoms with Crippen molar-refractivity contribution in [2.24, 2.45) is 22.2 Å². The summed E-state index contributed by atoms with van der Waals surface area (Å²) < 4.78 is 28.0. The number of esters is 1. The van der Waals surface area contributed by atoms with Crippen molar-refractivity contribution in [3.63, 3.8) is 0 Å². The predicted molar refractivity (Wildman–Crippen MR) is 109 cm³/mol. The fourth-order valence-electron chi connectivity index (χ4n) is 5.93. The topological polar surface area (TPSA) is 116 Å². The van der Waals surface area contributed by atoms with E-state index in [-0.39, 0.29) is 11.3 Å². The molecule has 9 atom stereocenters. The second-order valence-electron chi connectivity index (χ2n) is 10.5. The summed E-state index contributed by atoms with van der Waals surface area (Å²) in [5.41, 5.74) is -0.632. The highest BCUT2D eigenvalue weighted by Gasteiger charge is 2.63. The van der Waals surface area contributed by atoms with Crippen LogP contribution in [0.25, 0.3) is 0 Å². The third kappa shape index (κ3) is 3.54. The quantitative estimate of drug-likeness (QED) is 0.608. The van der Waals surface area contributed by atoms with E-state index >= 15 is 0 Å². The van der Waals surface area contributed by atoms with Crippen LogP contribution in [0.2, 0.25) is 0 Å². The minimum atomic E-state index is -1.37. The second kappa shape index (κ2) is 7.46. The van der Waals surface area contributed by atoms with Crippen molar-refractivity contribution >= 4 is 11.7 Å². The lowest BCUT2D eigenvalue weighted by molar-refractivity contribution is -0.238. The van der Waals surface area contributed by atoms with Gasteiger partial charge in [-0.3, -0.25) is 4.99 Å². The monoisotopic (exact) mass is 441 g/mol. The zero-order valence-electron chi connectivity index (χ0n) is 19.3. The van der Waals surface area contributed by atoms with Gasteiger partial charge in [-0.1, -0.05) is 13.8 Å². The summed E-state index contributed by atoms with van der Waals surface area (Å²) in [6.07, 6.45) is -2.71. The van der Waals surface area contributed by atoms with Gasteiger partial charge in [0, 0.05) is 12.8 Å². The number of fused-ring (bicyclic) bond motifs is 3. The van der Waals surface area contributed by atoms with Gasteiger partial charge in [-0.15, -0.1) is 0 Å². The van der Waals surface area contributed by atoms with Crippen molar-refractivity contribution < 1.29 is 38.7 Å². The molecule has 2 aliphatic heterocycles. The Morgan fingerprint density at radius 3 is 2.35 bits per heavy atom. The smallest absolute Gasteiger partial charge is 0.333 e. The van der Waals surface area contributed by atoms with Crippen molar-refractivity contribution in [1.29, 1.82) is 0 Å². The molecule has 9 nitrogen and oxygen atoms in total. The molecule has 2 saturated heterocycles. The van der Waals surface area contributed by atoms with Crippen LogP contribution in [-0.2, 0) is 28.5 Å². The molecule has 2 bridgehead atoms. The summed E-state index contributed by atoms with van der Waals surface area (Å²) in [6, 6.07) is -1.26. The molecule has 176 valence electrons. The molecule has 2 heterocycles. The lowest BCUT2D eigenvalue weighted by Crippen LogP contribution is -2.65. The van der Waals surface area contributed by atoms with E-state index < -0.39 is 54.1 Å². The molecule has 0 spiro atoms. The van der Waals surface area contributed by atoms with Crippen LogP contribution in [0.3, 0.4) is 0 Å². The number of ether oxygens (including phenoxy) is 5. The Balaban J connectivity index is 1.62. The van der Waals surface area contributed by atoms with Gasteiger partial charge in [0.2, 0.25) is 0 Å². The Bertz CT molecular complexity index is 763. The molecule has 5 rings (SSSR count). The average Bonchev–Trinajstić information content (AvgIpc) is 3.17. The average molecular weight is 442 g/mol. The normalized spacial score (nSPS) is 45.6. The maximum Gasteiger partial charge on any atom is 0.333 e. The summed E-state index contributed by atoms with van der Waals surface area (Å²) in [4.78, 5) is 17.2. The third-order valence-corrected chi connectivity index (χ3v) is 7.85. The minimum absolute atomic E-state index is 0.00990. The first-order chi connectivity index (χ1) is 14.3. The zero-order chi connectivity index (χ0) is 22.9. The highest BCUT2D eigenvalue weighted by Crippen LogP contribution is 2.61. The molecule has 0 aromatic heterocycles. The first-order valence-electron chi connectivity index (χ1n) is 10.9. The molecule has 9 heteroatoms. The van der Waals surface area contributed by atoms with Gasteiger partial charge >= 0.3 is 5.97 Å². The van der Waals surface area contributed by atoms with Gasteiger partial charge in [0.25, 0.3) is 0 Å². The molecule has 0 unspecified atom stereocenters. The van der Waals surface area contributed by atoms with Crippen molar-refractivity contribution in [3.05, 3.63) is 0 Å². The molecule has 0 radical (unpaired) electrons. The molecule has 3 aliphatic carbocycles. The van der Waals surface area contributed by atoms with Crippen LogP contribution in [-0.4, -0.2) is 84.2 Å². The molecule has 0 aromatic carbocycles. The Kier molecular flexibility index (Phi) is 5.55. The fourth-order valence-corrected chi connectivity index (χ4v) is 5.93. The van der Waals surface area contributed by atoms with Gasteiger partial charge in [-0.25, -0.2) is 4.79 Å². The number of aliphatic imine (C=N–C) groups is 1. The highest BCUT2D eigenvalue weighted by atomic mass is 16.8. The number of nitrogens with zero attached hydrogens (tertiary/aromatic N) is 1. The molecular weight excluding hydrogens is 406 g/mol. The second-order valence-corrected chi connectivity index (χ2v) is 10.5. The van der Waals surface area contributed by atoms with E-state index in [1.54, 1.807) is 20.8 Å². The van der Waals surface area contributed by atoms with E-state index in [9.17, 15) is 15.0 Å². The molecule has 5 aliphatic rings. The van der Waals surface area contributed by atoms with E-state index in [0.29, 0.717) is 18.1 Å². The van der Waals surface area contributed by atoms with Crippen molar-refractivity contribution in [1.82, 2.24) is 0 Å². The van der Waals surface area contributed by atoms with E-state index in [1.165, 1.54) is 14.2 Å². The summed E-state index contributed by atoms with van der Waals surface area (Å²) in [7, 11) is 2.73. The predicted octanol–water partition coefficient (Wildman–Crippen LogP) is 1.04. The van der Waals surface area contributed by atoms with Crippen LogP contribution in [0.1, 0.15) is 47.5 Å². The van der Waals surface area contributed by atoms with Gasteiger partial charge in [-0.05, 0) is 50.9 Å². The SMILES string of the molecule is COC(=O)[C@@H](N=C1C[C@H]2C[C@H](C2(C)C)[C@@]1(C)O)[C@@H](O)[C@H]1O[C@@H](OC)[C@@H]2OC(C)(C)O[C@H]12. The molecule has 2 N–H and O–H groups in total. The Morgan fingerprint density at radius 1 is 1.16 bits per heavy atom. The van der Waals surface area contributed by atoms with Crippen LogP contribution in [0.4, 0.5) is 0 Å². The van der Waals surface area contributed by atoms with E-state index in [2.05, 4.69) is 18.8 Å². The van der Waals surface area contributed by atoms with Crippen molar-refractivity contribution in [3.8, 4) is 0 Å². The lowest BCUT2D eigenvalue weighted by Gasteiger charge is -2.62. The summed E-state index contributed by atoms with van der Waals surface area (Å²) in [5, 5.41) is 22.5. The Hall–Kier alpha value is -1.10. The Morgan fingerprint density at radius 2 is 1.81 bits per heavy atom. The fraction of sp³-hybridized carbons (Fsp3) is 0.909. The van der Waals surface area contributed by atoms with E-state index in [1.807, 2.05) is 0 Å². The van der Waals surface area contributed by atoms with Gasteiger partial charge in [0.15, 0.2) is 18.1 Å². The number of rotatable bonds is 5. The molecule has 31 heavy (non-hydrogen) atoms. The van der Waals surface area contributed by atoms with E-state index in [4.69, 9.17) is 23.7 Å². The number of hydrogen-bond acceptors (Lipinski definition) is 9. The van der Waals surface area contributed by atoms with Crippen LogP contribution >= 0.6 is 0 Å². The molecular formula is C22H35NO8. The number of hydrogen-bond donors (Lipinski definition) is 2. The maximum absolute atomic E-state index is 12.7. The van der Waals surface area contributed by atoms with Crippen LogP contribution < -0.4 is 0 Å². The van der Waals surface area contributed by atoms with Gasteiger partial charge in [0.1, 0.15) is 30.0 Å². The summed E-state index contributed by atoms with van der Waals surface area (Å²) in [5.74, 6) is -1.15. The van der Waals surface area contributed by atoms with E-state index in [0.717, 1.165) is 6.42 Å². The Labute approximate surface area is 183 Å². The highest BCUT2D eigenvalue weighted by molar-refractivity contribution is 5.96. The van der Waals surface area contributed by atoms with Crippen molar-refractivity contribution in [2.75, 3.05) is 14.2 Å². The first kappa shape index (κ1) is 23.1. The van der Waals surface area contributed by atoms with Gasteiger partial charge in [0.05, 0.1) is 7.11 Å². The number of aliphatic hydroxyl groups excluding tert-OH is 1. The van der Waals surface area contributed by atoms with Crippen LogP contribution in [0.15, 0.2) is 4.99 Å². The van der Waals surface area contributed by atoms with Gasteiger partial charge in [-0.2, -0.15) is 0 Å². The molecule has 0 aromatic rings. The maximum atomic E-state index is 12.7. The largest absolute Gasteiger partial charge is 0.467 e. The summed E-state index contributed by atoms with van der Waals surface area (Å²) >= 11 is 0. The lowest BCUT2D eigenvalue weighted by atomic mass is 9.44. The minimum Gasteiger partial charge on any atom is -0.467 e. The number of carbonyl (C=O) groups excluding carboxylic acids is 1. The number of carbonyl (C=O) groups is 1.